The zero-order valence-electron chi connectivity index (χ0n) is 15.5. The molecule has 6 heteroatoms. The van der Waals surface area contributed by atoms with Crippen LogP contribution in [0, 0.1) is 5.82 Å². The number of hydrogen-bond donors (Lipinski definition) is 1. The monoisotopic (exact) mass is 371 g/mol. The van der Waals surface area contributed by atoms with E-state index in [-0.39, 0.29) is 5.82 Å². The second-order valence-electron chi connectivity index (χ2n) is 7.15. The summed E-state index contributed by atoms with van der Waals surface area (Å²) in [6, 6.07) is 16.4. The molecule has 0 saturated heterocycles. The van der Waals surface area contributed by atoms with Gasteiger partial charge < -0.3 is 0 Å². The van der Waals surface area contributed by atoms with Crippen LogP contribution in [0.2, 0.25) is 0 Å². The lowest BCUT2D eigenvalue weighted by Gasteiger charge is -2.10. The van der Waals surface area contributed by atoms with E-state index in [0.717, 1.165) is 44.8 Å². The molecule has 0 aliphatic rings. The maximum atomic E-state index is 13.5. The minimum Gasteiger partial charge on any atom is -0.278 e. The SMILES string of the molecule is CC(C)c1ccc2nc(-c3ccc(F)cc3)n(-c3ccc4[nH]ncc4c3)c2n1. The molecule has 0 saturated carbocycles. The fourth-order valence-corrected chi connectivity index (χ4v) is 3.40. The normalized spacial score (nSPS) is 11.7. The van der Waals surface area contributed by atoms with Gasteiger partial charge >= 0.3 is 0 Å². The average molecular weight is 371 g/mol. The molecule has 3 heterocycles. The lowest BCUT2D eigenvalue weighted by atomic mass is 10.1. The maximum absolute atomic E-state index is 13.5. The van der Waals surface area contributed by atoms with E-state index in [4.69, 9.17) is 9.97 Å². The molecule has 138 valence electrons. The van der Waals surface area contributed by atoms with Gasteiger partial charge in [0.1, 0.15) is 17.2 Å². The summed E-state index contributed by atoms with van der Waals surface area (Å²) in [6.45, 7) is 4.24. The molecule has 0 aliphatic heterocycles. The number of aromatic amines is 1. The van der Waals surface area contributed by atoms with Crippen LogP contribution in [0.3, 0.4) is 0 Å². The van der Waals surface area contributed by atoms with E-state index in [1.165, 1.54) is 12.1 Å². The van der Waals surface area contributed by atoms with E-state index < -0.39 is 0 Å². The summed E-state index contributed by atoms with van der Waals surface area (Å²) in [4.78, 5) is 9.70. The minimum absolute atomic E-state index is 0.272. The average Bonchev–Trinajstić information content (AvgIpc) is 3.31. The van der Waals surface area contributed by atoms with Crippen molar-refractivity contribution in [2.24, 2.45) is 0 Å². The minimum atomic E-state index is -0.272. The number of aromatic nitrogens is 5. The van der Waals surface area contributed by atoms with Gasteiger partial charge in [-0.25, -0.2) is 14.4 Å². The first kappa shape index (κ1) is 16.6. The van der Waals surface area contributed by atoms with Gasteiger partial charge in [-0.15, -0.1) is 0 Å². The van der Waals surface area contributed by atoms with Gasteiger partial charge in [-0.3, -0.25) is 9.67 Å². The molecule has 0 fully saturated rings. The van der Waals surface area contributed by atoms with Crippen LogP contribution in [0.4, 0.5) is 4.39 Å². The van der Waals surface area contributed by atoms with Crippen molar-refractivity contribution in [1.29, 1.82) is 0 Å². The topological polar surface area (TPSA) is 59.4 Å². The van der Waals surface area contributed by atoms with Gasteiger partial charge in [-0.2, -0.15) is 5.10 Å². The van der Waals surface area contributed by atoms with E-state index in [2.05, 4.69) is 30.1 Å². The van der Waals surface area contributed by atoms with Crippen molar-refractivity contribution >= 4 is 22.1 Å². The fraction of sp³-hybridized carbons (Fsp3) is 0.136. The molecular formula is C22H18FN5. The summed E-state index contributed by atoms with van der Waals surface area (Å²) in [7, 11) is 0. The number of H-pyrrole nitrogens is 1. The summed E-state index contributed by atoms with van der Waals surface area (Å²) in [5, 5.41) is 8.08. The second kappa shape index (κ2) is 6.27. The first-order valence-electron chi connectivity index (χ1n) is 9.19. The highest BCUT2D eigenvalue weighted by molar-refractivity contribution is 5.84. The van der Waals surface area contributed by atoms with Gasteiger partial charge in [0, 0.05) is 22.3 Å². The Hall–Kier alpha value is -3.54. The number of pyridine rings is 1. The van der Waals surface area contributed by atoms with E-state index in [1.54, 1.807) is 18.3 Å². The number of fused-ring (bicyclic) bond motifs is 2. The van der Waals surface area contributed by atoms with E-state index in [0.29, 0.717) is 5.92 Å². The number of hydrogen-bond acceptors (Lipinski definition) is 3. The van der Waals surface area contributed by atoms with Crippen LogP contribution in [-0.2, 0) is 0 Å². The largest absolute Gasteiger partial charge is 0.278 e. The zero-order valence-corrected chi connectivity index (χ0v) is 15.5. The molecule has 5 nitrogen and oxygen atoms in total. The van der Waals surface area contributed by atoms with Crippen LogP contribution in [0.15, 0.2) is 60.8 Å². The van der Waals surface area contributed by atoms with Gasteiger partial charge in [-0.05, 0) is 60.5 Å². The highest BCUT2D eigenvalue weighted by Crippen LogP contribution is 2.30. The molecule has 3 aromatic heterocycles. The molecular weight excluding hydrogens is 353 g/mol. The number of nitrogens with one attached hydrogen (secondary N) is 1. The molecule has 5 aromatic rings. The zero-order chi connectivity index (χ0) is 19.3. The number of halogens is 1. The van der Waals surface area contributed by atoms with Gasteiger partial charge in [0.15, 0.2) is 5.65 Å². The van der Waals surface area contributed by atoms with Crippen molar-refractivity contribution < 1.29 is 4.39 Å². The van der Waals surface area contributed by atoms with Gasteiger partial charge in [-0.1, -0.05) is 13.8 Å². The van der Waals surface area contributed by atoms with Crippen molar-refractivity contribution in [2.75, 3.05) is 0 Å². The first-order valence-corrected chi connectivity index (χ1v) is 9.19. The molecule has 2 aromatic carbocycles. The smallest absolute Gasteiger partial charge is 0.165 e. The van der Waals surface area contributed by atoms with E-state index in [9.17, 15) is 4.39 Å². The third-order valence-corrected chi connectivity index (χ3v) is 4.90. The van der Waals surface area contributed by atoms with Crippen LogP contribution in [0.5, 0.6) is 0 Å². The standard InChI is InChI=1S/C22H18FN5/c1-13(2)18-9-10-20-22(25-18)28(17-7-8-19-15(11-17)12-24-27-19)21(26-20)14-3-5-16(23)6-4-14/h3-13H,1-2H3,(H,24,27). The van der Waals surface area contributed by atoms with E-state index in [1.807, 2.05) is 28.8 Å². The summed E-state index contributed by atoms with van der Waals surface area (Å²) in [5.41, 5.74) is 5.32. The Morgan fingerprint density at radius 2 is 1.79 bits per heavy atom. The molecule has 0 spiro atoms. The van der Waals surface area contributed by atoms with Crippen molar-refractivity contribution in [3.8, 4) is 17.1 Å². The summed E-state index contributed by atoms with van der Waals surface area (Å²) in [5.74, 6) is 0.760. The van der Waals surface area contributed by atoms with Crippen molar-refractivity contribution in [3.63, 3.8) is 0 Å². The Bertz CT molecular complexity index is 1300. The lowest BCUT2D eigenvalue weighted by molar-refractivity contribution is 0.628. The number of benzene rings is 2. The first-order chi connectivity index (χ1) is 13.6. The lowest BCUT2D eigenvalue weighted by Crippen LogP contribution is -2.00. The number of nitrogens with zero attached hydrogens (tertiary/aromatic N) is 4. The predicted octanol–water partition coefficient (Wildman–Crippen LogP) is 5.23. The maximum Gasteiger partial charge on any atom is 0.165 e. The summed E-state index contributed by atoms with van der Waals surface area (Å²) >= 11 is 0. The summed E-state index contributed by atoms with van der Waals surface area (Å²) < 4.78 is 15.5. The Labute approximate surface area is 160 Å². The number of rotatable bonds is 3. The Balaban J connectivity index is 1.83. The van der Waals surface area contributed by atoms with Crippen LogP contribution in [0.25, 0.3) is 39.1 Å². The van der Waals surface area contributed by atoms with Crippen LogP contribution in [0.1, 0.15) is 25.5 Å². The number of imidazole rings is 1. The molecule has 0 bridgehead atoms. The second-order valence-corrected chi connectivity index (χ2v) is 7.15. The Morgan fingerprint density at radius 3 is 2.57 bits per heavy atom. The van der Waals surface area contributed by atoms with E-state index >= 15 is 0 Å². The van der Waals surface area contributed by atoms with Crippen LogP contribution < -0.4 is 0 Å². The predicted molar refractivity (Wildman–Crippen MR) is 108 cm³/mol. The summed E-state index contributed by atoms with van der Waals surface area (Å²) in [6.07, 6.45) is 1.79. The van der Waals surface area contributed by atoms with Crippen molar-refractivity contribution in [1.82, 2.24) is 24.7 Å². The molecule has 0 aliphatic carbocycles. The molecule has 1 N–H and O–H groups in total. The Kier molecular flexibility index (Phi) is 3.72. The molecule has 5 rings (SSSR count). The third-order valence-electron chi connectivity index (χ3n) is 4.90. The van der Waals surface area contributed by atoms with Crippen molar-refractivity contribution in [3.05, 3.63) is 72.3 Å². The van der Waals surface area contributed by atoms with Crippen molar-refractivity contribution in [2.45, 2.75) is 19.8 Å². The van der Waals surface area contributed by atoms with Crippen LogP contribution in [-0.4, -0.2) is 24.7 Å². The molecule has 0 unspecified atom stereocenters. The Morgan fingerprint density at radius 1 is 0.964 bits per heavy atom. The van der Waals surface area contributed by atoms with Gasteiger partial charge in [0.25, 0.3) is 0 Å². The quantitative estimate of drug-likeness (QED) is 0.473. The van der Waals surface area contributed by atoms with Gasteiger partial charge in [0.2, 0.25) is 0 Å². The fourth-order valence-electron chi connectivity index (χ4n) is 3.40. The molecule has 28 heavy (non-hydrogen) atoms. The molecule has 0 atom stereocenters. The third kappa shape index (κ3) is 2.65. The highest BCUT2D eigenvalue weighted by Gasteiger charge is 2.17. The van der Waals surface area contributed by atoms with Gasteiger partial charge in [0.05, 0.1) is 11.7 Å². The molecule has 0 radical (unpaired) electrons. The van der Waals surface area contributed by atoms with Crippen LogP contribution >= 0.6 is 0 Å². The highest BCUT2D eigenvalue weighted by atomic mass is 19.1. The molecule has 0 amide bonds.